The second kappa shape index (κ2) is 12.9. The highest BCUT2D eigenvalue weighted by atomic mass is 32.2. The number of ether oxygens (including phenoxy) is 1. The maximum Gasteiger partial charge on any atom is 0.412 e. The number of aromatic nitrogens is 3. The standard InChI is InChI=1S/C33H32N6O3S/c1-21(22-9-6-5-7-10-22)37-31(40)23-12-17-28(27(19-23)39-30-26-11-8-18-34-29(26)35-20-36-30)43-25-15-13-24(14-16-25)38-32(41)42-33(2,3)4/h5-21H,1-4H3,(H,37,40)(H,38,41)(H,34,35,36,39)/t21-/m0/s1. The maximum atomic E-state index is 13.3. The summed E-state index contributed by atoms with van der Waals surface area (Å²) in [5.41, 5.74) is 2.82. The quantitative estimate of drug-likeness (QED) is 0.167. The number of anilines is 3. The maximum absolute atomic E-state index is 13.3. The van der Waals surface area contributed by atoms with E-state index >= 15 is 0 Å². The van der Waals surface area contributed by atoms with E-state index in [0.29, 0.717) is 28.4 Å². The molecule has 10 heteroatoms. The van der Waals surface area contributed by atoms with E-state index in [1.54, 1.807) is 12.3 Å². The first-order valence-electron chi connectivity index (χ1n) is 13.8. The molecule has 0 aliphatic rings. The van der Waals surface area contributed by atoms with E-state index in [4.69, 9.17) is 4.74 Å². The Morgan fingerprint density at radius 1 is 0.884 bits per heavy atom. The minimum atomic E-state index is -0.586. The molecule has 0 unspecified atom stereocenters. The molecule has 2 amide bonds. The van der Waals surface area contributed by atoms with Crippen LogP contribution in [0.5, 0.6) is 0 Å². The molecule has 218 valence electrons. The second-order valence-electron chi connectivity index (χ2n) is 10.8. The van der Waals surface area contributed by atoms with Crippen molar-refractivity contribution in [2.24, 2.45) is 0 Å². The number of amides is 2. The fraction of sp³-hybridized carbons (Fsp3) is 0.182. The Balaban J connectivity index is 1.41. The predicted octanol–water partition coefficient (Wildman–Crippen LogP) is 7.76. The Hall–Kier alpha value is -4.96. The van der Waals surface area contributed by atoms with Crippen molar-refractivity contribution in [2.75, 3.05) is 10.6 Å². The molecule has 43 heavy (non-hydrogen) atoms. The zero-order chi connectivity index (χ0) is 30.4. The Bertz CT molecular complexity index is 1730. The lowest BCUT2D eigenvalue weighted by atomic mass is 10.1. The van der Waals surface area contributed by atoms with Gasteiger partial charge in [-0.1, -0.05) is 42.1 Å². The van der Waals surface area contributed by atoms with Gasteiger partial charge in [0, 0.05) is 27.2 Å². The second-order valence-corrected chi connectivity index (χ2v) is 11.9. The zero-order valence-corrected chi connectivity index (χ0v) is 25.1. The van der Waals surface area contributed by atoms with Crippen LogP contribution in [0.2, 0.25) is 0 Å². The predicted molar refractivity (Wildman–Crippen MR) is 170 cm³/mol. The molecule has 0 saturated carbocycles. The molecule has 9 nitrogen and oxygen atoms in total. The largest absolute Gasteiger partial charge is 0.444 e. The van der Waals surface area contributed by atoms with E-state index in [2.05, 4.69) is 30.9 Å². The van der Waals surface area contributed by atoms with E-state index in [1.165, 1.54) is 18.1 Å². The van der Waals surface area contributed by atoms with E-state index in [9.17, 15) is 9.59 Å². The highest BCUT2D eigenvalue weighted by Gasteiger charge is 2.17. The summed E-state index contributed by atoms with van der Waals surface area (Å²) in [6.07, 6.45) is 2.63. The third-order valence-electron chi connectivity index (χ3n) is 6.28. The Morgan fingerprint density at radius 3 is 2.40 bits per heavy atom. The van der Waals surface area contributed by atoms with Crippen molar-refractivity contribution in [3.05, 3.63) is 109 Å². The molecule has 2 heterocycles. The first-order chi connectivity index (χ1) is 20.6. The molecule has 0 radical (unpaired) electrons. The van der Waals surface area contributed by atoms with Gasteiger partial charge < -0.3 is 15.4 Å². The van der Waals surface area contributed by atoms with Crippen molar-refractivity contribution in [1.29, 1.82) is 0 Å². The number of carbonyl (C=O) groups excluding carboxylic acids is 2. The van der Waals surface area contributed by atoms with Crippen LogP contribution in [-0.2, 0) is 4.74 Å². The summed E-state index contributed by atoms with van der Waals surface area (Å²) >= 11 is 1.51. The van der Waals surface area contributed by atoms with Crippen molar-refractivity contribution >= 4 is 52.0 Å². The number of nitrogens with one attached hydrogen (secondary N) is 3. The van der Waals surface area contributed by atoms with Crippen LogP contribution in [-0.4, -0.2) is 32.6 Å². The summed E-state index contributed by atoms with van der Waals surface area (Å²) in [4.78, 5) is 40.3. The molecule has 5 rings (SSSR count). The molecule has 0 spiro atoms. The Morgan fingerprint density at radius 2 is 1.65 bits per heavy atom. The van der Waals surface area contributed by atoms with Crippen molar-refractivity contribution in [1.82, 2.24) is 20.3 Å². The highest BCUT2D eigenvalue weighted by molar-refractivity contribution is 7.99. The van der Waals surface area contributed by atoms with Crippen LogP contribution in [0, 0.1) is 0 Å². The lowest BCUT2D eigenvalue weighted by Gasteiger charge is -2.19. The van der Waals surface area contributed by atoms with Crippen LogP contribution in [0.15, 0.2) is 107 Å². The van der Waals surface area contributed by atoms with Crippen LogP contribution in [0.25, 0.3) is 11.0 Å². The SMILES string of the molecule is C[C@H](NC(=O)c1ccc(Sc2ccc(NC(=O)OC(C)(C)C)cc2)c(Nc2ncnc3ncccc23)c1)c1ccccc1. The molecule has 0 aliphatic heterocycles. The van der Waals surface area contributed by atoms with Gasteiger partial charge >= 0.3 is 6.09 Å². The zero-order valence-electron chi connectivity index (χ0n) is 24.3. The van der Waals surface area contributed by atoms with Gasteiger partial charge in [0.15, 0.2) is 5.65 Å². The number of nitrogens with zero attached hydrogens (tertiary/aromatic N) is 3. The third kappa shape index (κ3) is 7.87. The topological polar surface area (TPSA) is 118 Å². The number of rotatable bonds is 8. The molecule has 5 aromatic rings. The Kier molecular flexibility index (Phi) is 8.87. The van der Waals surface area contributed by atoms with E-state index in [-0.39, 0.29) is 11.9 Å². The number of pyridine rings is 1. The fourth-order valence-corrected chi connectivity index (χ4v) is 5.12. The van der Waals surface area contributed by atoms with Crippen LogP contribution >= 0.6 is 11.8 Å². The van der Waals surface area contributed by atoms with Gasteiger partial charge in [0.05, 0.1) is 17.1 Å². The van der Waals surface area contributed by atoms with Crippen LogP contribution < -0.4 is 16.0 Å². The number of fused-ring (bicyclic) bond motifs is 1. The van der Waals surface area contributed by atoms with Crippen LogP contribution in [0.4, 0.5) is 22.0 Å². The molecule has 0 saturated heterocycles. The molecule has 0 bridgehead atoms. The minimum absolute atomic E-state index is 0.163. The van der Waals surface area contributed by atoms with Gasteiger partial charge in [-0.2, -0.15) is 0 Å². The van der Waals surface area contributed by atoms with E-state index < -0.39 is 11.7 Å². The van der Waals surface area contributed by atoms with Gasteiger partial charge in [-0.25, -0.2) is 19.7 Å². The summed E-state index contributed by atoms with van der Waals surface area (Å²) in [6, 6.07) is 26.4. The lowest BCUT2D eigenvalue weighted by Crippen LogP contribution is -2.27. The first kappa shape index (κ1) is 29.5. The fourth-order valence-electron chi connectivity index (χ4n) is 4.24. The van der Waals surface area contributed by atoms with Crippen LogP contribution in [0.1, 0.15) is 49.7 Å². The minimum Gasteiger partial charge on any atom is -0.444 e. The van der Waals surface area contributed by atoms with E-state index in [1.807, 2.05) is 107 Å². The first-order valence-corrected chi connectivity index (χ1v) is 14.6. The third-order valence-corrected chi connectivity index (χ3v) is 7.36. The summed E-state index contributed by atoms with van der Waals surface area (Å²) in [5, 5.41) is 10.0. The lowest BCUT2D eigenvalue weighted by molar-refractivity contribution is 0.0635. The number of benzene rings is 3. The van der Waals surface area contributed by atoms with E-state index in [0.717, 1.165) is 20.7 Å². The van der Waals surface area contributed by atoms with Gasteiger partial charge in [-0.15, -0.1) is 0 Å². The summed E-state index contributed by atoms with van der Waals surface area (Å²) < 4.78 is 5.34. The van der Waals surface area contributed by atoms with Crippen LogP contribution in [0.3, 0.4) is 0 Å². The number of carbonyl (C=O) groups is 2. The average molecular weight is 593 g/mol. The smallest absolute Gasteiger partial charge is 0.412 e. The summed E-state index contributed by atoms with van der Waals surface area (Å²) in [7, 11) is 0. The summed E-state index contributed by atoms with van der Waals surface area (Å²) in [5.74, 6) is 0.384. The van der Waals surface area contributed by atoms with Gasteiger partial charge in [-0.3, -0.25) is 10.1 Å². The van der Waals surface area contributed by atoms with Crippen molar-refractivity contribution < 1.29 is 14.3 Å². The molecular weight excluding hydrogens is 560 g/mol. The monoisotopic (exact) mass is 592 g/mol. The van der Waals surface area contributed by atoms with Crippen molar-refractivity contribution in [3.63, 3.8) is 0 Å². The normalized spacial score (nSPS) is 11.9. The molecule has 0 fully saturated rings. The molecule has 0 aliphatic carbocycles. The number of hydrogen-bond acceptors (Lipinski definition) is 8. The van der Waals surface area contributed by atoms with Gasteiger partial charge in [-0.05, 0) is 87.9 Å². The van der Waals surface area contributed by atoms with Gasteiger partial charge in [0.1, 0.15) is 17.7 Å². The average Bonchev–Trinajstić information content (AvgIpc) is 2.98. The molecule has 3 N–H and O–H groups in total. The molecule has 2 aromatic heterocycles. The molecule has 1 atom stereocenters. The summed E-state index contributed by atoms with van der Waals surface area (Å²) in [6.45, 7) is 7.41. The van der Waals surface area contributed by atoms with Crippen molar-refractivity contribution in [2.45, 2.75) is 49.1 Å². The molecule has 3 aromatic carbocycles. The number of hydrogen-bond donors (Lipinski definition) is 3. The Labute approximate surface area is 254 Å². The highest BCUT2D eigenvalue weighted by Crippen LogP contribution is 2.37. The molecular formula is C33H32N6O3S. The van der Waals surface area contributed by atoms with Crippen molar-refractivity contribution in [3.8, 4) is 0 Å². The van der Waals surface area contributed by atoms with Gasteiger partial charge in [0.2, 0.25) is 0 Å². The van der Waals surface area contributed by atoms with Gasteiger partial charge in [0.25, 0.3) is 5.91 Å².